The Hall–Kier alpha value is -3.20. The molecule has 0 saturated carbocycles. The number of hydrogen-bond donors (Lipinski definition) is 4. The molecule has 0 aromatic heterocycles. The molecular formula is C40H68N2O7. The van der Waals surface area contributed by atoms with Gasteiger partial charge in [0.25, 0.3) is 0 Å². The molecule has 280 valence electrons. The van der Waals surface area contributed by atoms with E-state index >= 15 is 0 Å². The molecule has 0 saturated heterocycles. The third-order valence-electron chi connectivity index (χ3n) is 8.09. The lowest BCUT2D eigenvalue weighted by Gasteiger charge is -2.18. The number of rotatable bonds is 33. The number of unbranched alkanes of at least 4 members (excludes halogenated alkanes) is 11. The van der Waals surface area contributed by atoms with Crippen molar-refractivity contribution in [1.29, 1.82) is 0 Å². The Balaban J connectivity index is 3.85. The summed E-state index contributed by atoms with van der Waals surface area (Å²) in [4.78, 5) is 47.1. The minimum Gasteiger partial charge on any atom is -0.480 e. The Morgan fingerprint density at radius 2 is 1.16 bits per heavy atom. The summed E-state index contributed by atoms with van der Waals surface area (Å²) in [5.41, 5.74) is 0. The molecule has 2 unspecified atom stereocenters. The number of carboxylic acids is 1. The van der Waals surface area contributed by atoms with Crippen LogP contribution in [-0.4, -0.2) is 59.3 Å². The van der Waals surface area contributed by atoms with Crippen LogP contribution in [0.2, 0.25) is 0 Å². The Kier molecular flexibility index (Phi) is 32.4. The maximum absolute atomic E-state index is 12.5. The lowest BCUT2D eigenvalue weighted by Crippen LogP contribution is -2.47. The number of ether oxygens (including phenoxy) is 1. The van der Waals surface area contributed by atoms with Crippen molar-refractivity contribution >= 4 is 23.8 Å². The number of allylic oxidation sites excluding steroid dienone is 8. The third kappa shape index (κ3) is 31.8. The number of carbonyl (C=O) groups is 4. The van der Waals surface area contributed by atoms with Crippen LogP contribution in [0.4, 0.5) is 0 Å². The Labute approximate surface area is 297 Å². The van der Waals surface area contributed by atoms with E-state index in [4.69, 9.17) is 14.9 Å². The van der Waals surface area contributed by atoms with Crippen molar-refractivity contribution in [2.75, 3.05) is 13.2 Å². The number of esters is 1. The van der Waals surface area contributed by atoms with Gasteiger partial charge < -0.3 is 25.6 Å². The first kappa shape index (κ1) is 45.8. The topological polar surface area (TPSA) is 142 Å². The fourth-order valence-electron chi connectivity index (χ4n) is 5.16. The molecule has 0 aromatic carbocycles. The monoisotopic (exact) mass is 689 g/mol. The fourth-order valence-corrected chi connectivity index (χ4v) is 5.16. The zero-order valence-electron chi connectivity index (χ0n) is 30.7. The standard InChI is InChI=1S/C40H68N2O7/c1-3-5-7-8-9-10-11-12-13-14-15-16-17-18-19-20-21-22-23-24-28-32-39(46)49-35(29-6-4-2)30-26-25-27-31-37(44)41-33-38(45)42-36(34-43)40(47)48/h5,7,9-10,12-13,15-16,35-36,43H,3-4,6,8,11,14,17-34H2,1-2H3,(H,41,44)(H,42,45)(H,47,48)/b7-5-,10-9-,13-12-,16-15-. The van der Waals surface area contributed by atoms with Gasteiger partial charge in [0.2, 0.25) is 11.8 Å². The smallest absolute Gasteiger partial charge is 0.328 e. The second-order valence-electron chi connectivity index (χ2n) is 12.6. The molecule has 0 radical (unpaired) electrons. The third-order valence-corrected chi connectivity index (χ3v) is 8.09. The Morgan fingerprint density at radius 1 is 0.633 bits per heavy atom. The van der Waals surface area contributed by atoms with Crippen LogP contribution in [0.1, 0.15) is 155 Å². The second-order valence-corrected chi connectivity index (χ2v) is 12.6. The first-order chi connectivity index (χ1) is 23.8. The van der Waals surface area contributed by atoms with E-state index in [-0.39, 0.29) is 30.9 Å². The Morgan fingerprint density at radius 3 is 1.76 bits per heavy atom. The van der Waals surface area contributed by atoms with Gasteiger partial charge in [0.05, 0.1) is 13.2 Å². The molecule has 0 fully saturated rings. The predicted octanol–water partition coefficient (Wildman–Crippen LogP) is 8.42. The van der Waals surface area contributed by atoms with Gasteiger partial charge in [-0.1, -0.05) is 120 Å². The summed E-state index contributed by atoms with van der Waals surface area (Å²) in [5, 5.41) is 22.4. The van der Waals surface area contributed by atoms with Crippen LogP contribution in [-0.2, 0) is 23.9 Å². The highest BCUT2D eigenvalue weighted by molar-refractivity contribution is 5.87. The van der Waals surface area contributed by atoms with Crippen molar-refractivity contribution in [3.63, 3.8) is 0 Å². The minimum atomic E-state index is -1.39. The van der Waals surface area contributed by atoms with Crippen molar-refractivity contribution in [3.05, 3.63) is 48.6 Å². The number of carbonyl (C=O) groups excluding carboxylic acids is 3. The summed E-state index contributed by atoms with van der Waals surface area (Å²) in [6, 6.07) is -1.39. The van der Waals surface area contributed by atoms with E-state index in [9.17, 15) is 19.2 Å². The van der Waals surface area contributed by atoms with Gasteiger partial charge in [0, 0.05) is 12.8 Å². The molecular weight excluding hydrogens is 620 g/mol. The molecule has 49 heavy (non-hydrogen) atoms. The number of amides is 2. The summed E-state index contributed by atoms with van der Waals surface area (Å²) < 4.78 is 5.81. The highest BCUT2D eigenvalue weighted by Crippen LogP contribution is 2.17. The van der Waals surface area contributed by atoms with Crippen LogP contribution in [0.3, 0.4) is 0 Å². The van der Waals surface area contributed by atoms with Gasteiger partial charge in [-0.25, -0.2) is 4.79 Å². The van der Waals surface area contributed by atoms with Crippen LogP contribution in [0.5, 0.6) is 0 Å². The van der Waals surface area contributed by atoms with E-state index in [0.717, 1.165) is 89.9 Å². The molecule has 0 spiro atoms. The van der Waals surface area contributed by atoms with E-state index in [1.807, 2.05) is 0 Å². The van der Waals surface area contributed by atoms with E-state index in [1.165, 1.54) is 32.1 Å². The average Bonchev–Trinajstić information content (AvgIpc) is 3.08. The number of carboxylic acid groups (broad SMARTS) is 1. The lowest BCUT2D eigenvalue weighted by atomic mass is 10.0. The van der Waals surface area contributed by atoms with E-state index in [2.05, 4.69) is 73.1 Å². The summed E-state index contributed by atoms with van der Waals surface area (Å²) in [6.45, 7) is 3.21. The van der Waals surface area contributed by atoms with Crippen LogP contribution >= 0.6 is 0 Å². The molecule has 0 aromatic rings. The molecule has 0 rings (SSSR count). The van der Waals surface area contributed by atoms with Gasteiger partial charge in [-0.2, -0.15) is 0 Å². The maximum Gasteiger partial charge on any atom is 0.328 e. The normalized spacial score (nSPS) is 13.0. The van der Waals surface area contributed by atoms with Gasteiger partial charge in [-0.05, 0) is 70.6 Å². The first-order valence-electron chi connectivity index (χ1n) is 19.0. The largest absolute Gasteiger partial charge is 0.480 e. The van der Waals surface area contributed by atoms with Crippen molar-refractivity contribution < 1.29 is 34.1 Å². The highest BCUT2D eigenvalue weighted by atomic mass is 16.5. The summed E-state index contributed by atoms with van der Waals surface area (Å²) in [7, 11) is 0. The van der Waals surface area contributed by atoms with Gasteiger partial charge in [0.1, 0.15) is 12.1 Å². The van der Waals surface area contributed by atoms with Crippen molar-refractivity contribution in [3.8, 4) is 0 Å². The first-order valence-corrected chi connectivity index (χ1v) is 19.0. The zero-order valence-corrected chi connectivity index (χ0v) is 30.7. The summed E-state index contributed by atoms with van der Waals surface area (Å²) in [6.07, 6.45) is 39.1. The van der Waals surface area contributed by atoms with Gasteiger partial charge >= 0.3 is 11.9 Å². The van der Waals surface area contributed by atoms with Gasteiger partial charge in [-0.3, -0.25) is 14.4 Å². The molecule has 0 aliphatic rings. The van der Waals surface area contributed by atoms with E-state index in [0.29, 0.717) is 12.8 Å². The molecule has 2 amide bonds. The van der Waals surface area contributed by atoms with E-state index in [1.54, 1.807) is 0 Å². The molecule has 9 nitrogen and oxygen atoms in total. The fraction of sp³-hybridized carbons (Fsp3) is 0.700. The quantitative estimate of drug-likeness (QED) is 0.0308. The maximum atomic E-state index is 12.5. The minimum absolute atomic E-state index is 0.0876. The summed E-state index contributed by atoms with van der Waals surface area (Å²) >= 11 is 0. The molecule has 4 N–H and O–H groups in total. The predicted molar refractivity (Wildman–Crippen MR) is 199 cm³/mol. The van der Waals surface area contributed by atoms with Crippen molar-refractivity contribution in [1.82, 2.24) is 10.6 Å². The zero-order chi connectivity index (χ0) is 36.2. The number of aliphatic hydroxyl groups is 1. The second kappa shape index (κ2) is 34.7. The molecule has 0 bridgehead atoms. The SMILES string of the molecule is CC/C=C\C/C=C\C/C=C\C/C=C\CCCCCCCCCCC(=O)OC(CCCC)CCCCCC(=O)NCC(=O)NC(CO)C(=O)O. The van der Waals surface area contributed by atoms with Gasteiger partial charge in [0.15, 0.2) is 0 Å². The molecule has 0 aliphatic heterocycles. The molecule has 2 atom stereocenters. The van der Waals surface area contributed by atoms with Crippen molar-refractivity contribution in [2.24, 2.45) is 0 Å². The average molecular weight is 689 g/mol. The van der Waals surface area contributed by atoms with Crippen LogP contribution in [0.15, 0.2) is 48.6 Å². The lowest BCUT2D eigenvalue weighted by molar-refractivity contribution is -0.150. The Bertz CT molecular complexity index is 974. The molecule has 0 aliphatic carbocycles. The number of hydrogen-bond acceptors (Lipinski definition) is 6. The van der Waals surface area contributed by atoms with Crippen LogP contribution in [0, 0.1) is 0 Å². The number of aliphatic hydroxyl groups excluding tert-OH is 1. The molecule has 0 heterocycles. The highest BCUT2D eigenvalue weighted by Gasteiger charge is 2.19. The molecule has 9 heteroatoms. The van der Waals surface area contributed by atoms with Crippen LogP contribution < -0.4 is 10.6 Å². The van der Waals surface area contributed by atoms with E-state index < -0.39 is 24.5 Å². The van der Waals surface area contributed by atoms with Crippen molar-refractivity contribution in [2.45, 2.75) is 167 Å². The van der Waals surface area contributed by atoms with Crippen LogP contribution in [0.25, 0.3) is 0 Å². The van der Waals surface area contributed by atoms with Gasteiger partial charge in [-0.15, -0.1) is 0 Å². The number of nitrogens with one attached hydrogen (secondary N) is 2. The summed E-state index contributed by atoms with van der Waals surface area (Å²) in [5.74, 6) is -2.42. The number of aliphatic carboxylic acids is 1.